The number of hydrogen-bond acceptors (Lipinski definition) is 3. The lowest BCUT2D eigenvalue weighted by Gasteiger charge is -2.32. The monoisotopic (exact) mass is 290 g/mol. The molecular formula is C16H22N2OS. The summed E-state index contributed by atoms with van der Waals surface area (Å²) >= 11 is 1.75. The number of amides is 1. The van der Waals surface area contributed by atoms with Gasteiger partial charge in [-0.05, 0) is 36.1 Å². The fourth-order valence-electron chi connectivity index (χ4n) is 3.37. The first-order valence-electron chi connectivity index (χ1n) is 7.46. The van der Waals surface area contributed by atoms with E-state index in [0.29, 0.717) is 6.54 Å². The Labute approximate surface area is 124 Å². The normalized spacial score (nSPS) is 24.1. The van der Waals surface area contributed by atoms with Crippen LogP contribution in [0.4, 0.5) is 0 Å². The van der Waals surface area contributed by atoms with Gasteiger partial charge in [0.05, 0.1) is 5.54 Å². The average Bonchev–Trinajstić information content (AvgIpc) is 2.95. The summed E-state index contributed by atoms with van der Waals surface area (Å²) in [5.74, 6) is 1.17. The molecule has 1 aromatic rings. The summed E-state index contributed by atoms with van der Waals surface area (Å²) < 4.78 is 0. The van der Waals surface area contributed by atoms with Crippen molar-refractivity contribution < 1.29 is 4.79 Å². The molecule has 2 aliphatic rings. The molecule has 0 radical (unpaired) electrons. The zero-order valence-corrected chi connectivity index (χ0v) is 12.5. The van der Waals surface area contributed by atoms with Crippen molar-refractivity contribution in [2.45, 2.75) is 42.9 Å². The van der Waals surface area contributed by atoms with E-state index in [4.69, 9.17) is 5.73 Å². The number of thioether (sulfide) groups is 1. The summed E-state index contributed by atoms with van der Waals surface area (Å²) in [6.45, 7) is 0.553. The SMILES string of the molecule is NCC1(NC(=O)C2SCCc3ccccc32)CCCC1. The first-order chi connectivity index (χ1) is 9.74. The van der Waals surface area contributed by atoms with Crippen LogP contribution in [0.15, 0.2) is 24.3 Å². The summed E-state index contributed by atoms with van der Waals surface area (Å²) in [7, 11) is 0. The van der Waals surface area contributed by atoms with Crippen LogP contribution in [0.2, 0.25) is 0 Å². The third-order valence-corrected chi connectivity index (χ3v) is 5.81. The van der Waals surface area contributed by atoms with Crippen molar-refractivity contribution in [2.75, 3.05) is 12.3 Å². The lowest BCUT2D eigenvalue weighted by Crippen LogP contribution is -2.52. The van der Waals surface area contributed by atoms with Crippen molar-refractivity contribution in [3.63, 3.8) is 0 Å². The van der Waals surface area contributed by atoms with E-state index in [1.165, 1.54) is 24.0 Å². The Hall–Kier alpha value is -1.00. The molecule has 1 aromatic carbocycles. The number of nitrogens with two attached hydrogens (primary N) is 1. The van der Waals surface area contributed by atoms with E-state index >= 15 is 0 Å². The highest BCUT2D eigenvalue weighted by Gasteiger charge is 2.37. The molecule has 1 atom stereocenters. The van der Waals surface area contributed by atoms with Crippen LogP contribution in [0, 0.1) is 0 Å². The van der Waals surface area contributed by atoms with Crippen molar-refractivity contribution in [1.29, 1.82) is 0 Å². The number of aryl methyl sites for hydroxylation is 1. The van der Waals surface area contributed by atoms with Gasteiger partial charge in [-0.1, -0.05) is 37.1 Å². The standard InChI is InChI=1S/C16H22N2OS/c17-11-16(8-3-4-9-16)18-15(19)14-13-6-2-1-5-12(13)7-10-20-14/h1-2,5-6,14H,3-4,7-11,17H2,(H,18,19). The molecule has 1 unspecified atom stereocenters. The average molecular weight is 290 g/mol. The van der Waals surface area contributed by atoms with E-state index in [1.54, 1.807) is 11.8 Å². The van der Waals surface area contributed by atoms with Crippen molar-refractivity contribution in [3.05, 3.63) is 35.4 Å². The predicted octanol–water partition coefficient (Wildman–Crippen LogP) is 2.40. The van der Waals surface area contributed by atoms with E-state index in [1.807, 2.05) is 6.07 Å². The Kier molecular flexibility index (Phi) is 4.03. The van der Waals surface area contributed by atoms with Gasteiger partial charge in [0.1, 0.15) is 5.25 Å². The van der Waals surface area contributed by atoms with E-state index in [2.05, 4.69) is 23.5 Å². The van der Waals surface area contributed by atoms with Crippen LogP contribution >= 0.6 is 11.8 Å². The second kappa shape index (κ2) is 5.78. The highest BCUT2D eigenvalue weighted by molar-refractivity contribution is 8.00. The summed E-state index contributed by atoms with van der Waals surface area (Å²) in [6.07, 6.45) is 5.45. The third-order valence-electron chi connectivity index (χ3n) is 4.57. The number of carbonyl (C=O) groups excluding carboxylic acids is 1. The highest BCUT2D eigenvalue weighted by atomic mass is 32.2. The summed E-state index contributed by atoms with van der Waals surface area (Å²) in [5.41, 5.74) is 8.28. The Bertz CT molecular complexity index is 497. The van der Waals surface area contributed by atoms with Gasteiger partial charge in [-0.25, -0.2) is 0 Å². The van der Waals surface area contributed by atoms with Crippen LogP contribution < -0.4 is 11.1 Å². The minimum absolute atomic E-state index is 0.0658. The van der Waals surface area contributed by atoms with Gasteiger partial charge in [0.2, 0.25) is 5.91 Å². The van der Waals surface area contributed by atoms with E-state index in [9.17, 15) is 4.79 Å². The van der Waals surface area contributed by atoms with Crippen LogP contribution in [0.3, 0.4) is 0 Å². The van der Waals surface area contributed by atoms with Crippen molar-refractivity contribution in [2.24, 2.45) is 5.73 Å². The summed E-state index contributed by atoms with van der Waals surface area (Å²) in [4.78, 5) is 12.7. The van der Waals surface area contributed by atoms with Crippen LogP contribution in [0.25, 0.3) is 0 Å². The molecule has 1 saturated carbocycles. The fourth-order valence-corrected chi connectivity index (χ4v) is 4.56. The molecule has 3 nitrogen and oxygen atoms in total. The maximum atomic E-state index is 12.7. The van der Waals surface area contributed by atoms with Crippen LogP contribution in [0.5, 0.6) is 0 Å². The molecule has 1 fully saturated rings. The zero-order valence-electron chi connectivity index (χ0n) is 11.7. The molecule has 4 heteroatoms. The smallest absolute Gasteiger partial charge is 0.238 e. The van der Waals surface area contributed by atoms with E-state index in [-0.39, 0.29) is 16.7 Å². The number of nitrogens with one attached hydrogen (secondary N) is 1. The van der Waals surface area contributed by atoms with Crippen molar-refractivity contribution in [3.8, 4) is 0 Å². The quantitative estimate of drug-likeness (QED) is 0.899. The van der Waals surface area contributed by atoms with Gasteiger partial charge in [0.25, 0.3) is 0 Å². The molecule has 0 bridgehead atoms. The zero-order chi connectivity index (χ0) is 14.0. The molecule has 1 heterocycles. The second-order valence-corrected chi connectivity index (χ2v) is 7.09. The molecule has 0 aromatic heterocycles. The second-order valence-electron chi connectivity index (χ2n) is 5.88. The van der Waals surface area contributed by atoms with E-state index < -0.39 is 0 Å². The lowest BCUT2D eigenvalue weighted by molar-refractivity contribution is -0.122. The molecule has 3 N–H and O–H groups in total. The molecular weight excluding hydrogens is 268 g/mol. The maximum absolute atomic E-state index is 12.7. The Morgan fingerprint density at radius 3 is 2.85 bits per heavy atom. The van der Waals surface area contributed by atoms with Gasteiger partial charge in [-0.2, -0.15) is 0 Å². The molecule has 3 rings (SSSR count). The van der Waals surface area contributed by atoms with Crippen LogP contribution in [0.1, 0.15) is 42.1 Å². The molecule has 1 amide bonds. The van der Waals surface area contributed by atoms with Gasteiger partial charge < -0.3 is 11.1 Å². The minimum Gasteiger partial charge on any atom is -0.348 e. The molecule has 1 aliphatic carbocycles. The van der Waals surface area contributed by atoms with Gasteiger partial charge in [0.15, 0.2) is 0 Å². The largest absolute Gasteiger partial charge is 0.348 e. The Morgan fingerprint density at radius 2 is 2.10 bits per heavy atom. The molecule has 108 valence electrons. The Morgan fingerprint density at radius 1 is 1.35 bits per heavy atom. The van der Waals surface area contributed by atoms with Crippen LogP contribution in [-0.4, -0.2) is 23.7 Å². The number of benzene rings is 1. The topological polar surface area (TPSA) is 55.1 Å². The molecule has 0 spiro atoms. The maximum Gasteiger partial charge on any atom is 0.238 e. The first-order valence-corrected chi connectivity index (χ1v) is 8.50. The minimum atomic E-state index is -0.149. The number of rotatable bonds is 3. The first kappa shape index (κ1) is 14.0. The summed E-state index contributed by atoms with van der Waals surface area (Å²) in [5, 5.41) is 3.20. The van der Waals surface area contributed by atoms with Crippen molar-refractivity contribution in [1.82, 2.24) is 5.32 Å². The number of fused-ring (bicyclic) bond motifs is 1. The highest BCUT2D eigenvalue weighted by Crippen LogP contribution is 2.38. The molecule has 0 saturated heterocycles. The van der Waals surface area contributed by atoms with Gasteiger partial charge >= 0.3 is 0 Å². The van der Waals surface area contributed by atoms with Crippen LogP contribution in [-0.2, 0) is 11.2 Å². The van der Waals surface area contributed by atoms with E-state index in [0.717, 1.165) is 25.0 Å². The molecule has 1 aliphatic heterocycles. The van der Waals surface area contributed by atoms with Crippen molar-refractivity contribution >= 4 is 17.7 Å². The number of carbonyl (C=O) groups is 1. The Balaban J connectivity index is 1.78. The van der Waals surface area contributed by atoms with Gasteiger partial charge in [0, 0.05) is 6.54 Å². The number of hydrogen-bond donors (Lipinski definition) is 2. The predicted molar refractivity (Wildman–Crippen MR) is 83.7 cm³/mol. The lowest BCUT2D eigenvalue weighted by atomic mass is 9.96. The molecule has 20 heavy (non-hydrogen) atoms. The van der Waals surface area contributed by atoms with Gasteiger partial charge in [-0.3, -0.25) is 4.79 Å². The fraction of sp³-hybridized carbons (Fsp3) is 0.562. The van der Waals surface area contributed by atoms with Gasteiger partial charge in [-0.15, -0.1) is 11.8 Å². The summed E-state index contributed by atoms with van der Waals surface area (Å²) in [6, 6.07) is 8.32. The third kappa shape index (κ3) is 2.59.